The molecular formula is C20H23F3N6O3. The van der Waals surface area contributed by atoms with E-state index in [-0.39, 0.29) is 16.9 Å². The van der Waals surface area contributed by atoms with Crippen LogP contribution in [0, 0.1) is 0 Å². The van der Waals surface area contributed by atoms with Crippen LogP contribution in [0.15, 0.2) is 46.6 Å². The first-order valence-electron chi connectivity index (χ1n) is 9.57. The van der Waals surface area contributed by atoms with Crippen LogP contribution in [0.1, 0.15) is 26.5 Å². The third-order valence-electron chi connectivity index (χ3n) is 4.46. The third kappa shape index (κ3) is 5.58. The summed E-state index contributed by atoms with van der Waals surface area (Å²) < 4.78 is 44.5. The molecule has 1 aliphatic heterocycles. The van der Waals surface area contributed by atoms with Crippen LogP contribution in [-0.2, 0) is 10.2 Å². The fourth-order valence-electron chi connectivity index (χ4n) is 2.84. The average molecular weight is 452 g/mol. The number of nitrogens with zero attached hydrogens (tertiary/aromatic N) is 2. The van der Waals surface area contributed by atoms with Crippen LogP contribution in [0.25, 0.3) is 0 Å². The number of rotatable bonds is 4. The Kier molecular flexibility index (Phi) is 6.17. The summed E-state index contributed by atoms with van der Waals surface area (Å²) >= 11 is 0. The quantitative estimate of drug-likeness (QED) is 0.561. The van der Waals surface area contributed by atoms with Crippen molar-refractivity contribution in [3.05, 3.63) is 47.9 Å². The van der Waals surface area contributed by atoms with E-state index in [4.69, 9.17) is 4.52 Å². The molecule has 2 heterocycles. The van der Waals surface area contributed by atoms with Crippen molar-refractivity contribution in [2.45, 2.75) is 38.4 Å². The van der Waals surface area contributed by atoms with Crippen molar-refractivity contribution in [2.24, 2.45) is 0 Å². The van der Waals surface area contributed by atoms with Gasteiger partial charge in [-0.2, -0.15) is 13.2 Å². The van der Waals surface area contributed by atoms with Gasteiger partial charge in [-0.25, -0.2) is 10.2 Å². The second kappa shape index (κ2) is 8.54. The van der Waals surface area contributed by atoms with Crippen LogP contribution >= 0.6 is 0 Å². The molecule has 3 amide bonds. The molecule has 1 aliphatic rings. The Hall–Kier alpha value is -3.54. The van der Waals surface area contributed by atoms with Crippen molar-refractivity contribution in [3.63, 3.8) is 0 Å². The van der Waals surface area contributed by atoms with Gasteiger partial charge in [0.25, 0.3) is 5.91 Å². The fraction of sp³-hybridized carbons (Fsp3) is 0.350. The average Bonchev–Trinajstić information content (AvgIpc) is 3.29. The Balaban J connectivity index is 1.58. The SMILES string of the molecule is CN1C=C(C(=O)Nc2ccc(NC(=O)Nc3cc(C(C)(C)C)on3)cc2)C(C(F)(F)F)N1. The summed E-state index contributed by atoms with van der Waals surface area (Å²) in [5.74, 6) is -0.0262. The van der Waals surface area contributed by atoms with Crippen LogP contribution in [0.4, 0.5) is 35.2 Å². The summed E-state index contributed by atoms with van der Waals surface area (Å²) in [6.45, 7) is 5.83. The highest BCUT2D eigenvalue weighted by molar-refractivity contribution is 6.05. The standard InChI is InChI=1S/C20H23F3N6O3/c1-19(2,3)14-9-15(28-32-14)26-18(31)25-12-7-5-11(6-8-12)24-17(30)13-10-29(4)27-16(13)20(21,22)23/h5-10,16,27H,1-4H3,(H,24,30)(H2,25,26,28,31). The first-order valence-corrected chi connectivity index (χ1v) is 9.57. The van der Waals surface area contributed by atoms with E-state index < -0.39 is 29.7 Å². The van der Waals surface area contributed by atoms with E-state index in [1.54, 1.807) is 6.07 Å². The Morgan fingerprint density at radius 2 is 1.66 bits per heavy atom. The van der Waals surface area contributed by atoms with Crippen LogP contribution in [-0.4, -0.2) is 41.4 Å². The number of anilines is 3. The monoisotopic (exact) mass is 452 g/mol. The Morgan fingerprint density at radius 3 is 2.19 bits per heavy atom. The van der Waals surface area contributed by atoms with Crippen LogP contribution in [0.5, 0.6) is 0 Å². The number of halogens is 3. The maximum absolute atomic E-state index is 13.1. The number of benzene rings is 1. The number of nitrogens with one attached hydrogen (secondary N) is 4. The largest absolute Gasteiger partial charge is 0.409 e. The van der Waals surface area contributed by atoms with Gasteiger partial charge in [-0.05, 0) is 24.3 Å². The zero-order chi connectivity index (χ0) is 23.7. The van der Waals surface area contributed by atoms with Crippen LogP contribution < -0.4 is 21.4 Å². The predicted octanol–water partition coefficient (Wildman–Crippen LogP) is 3.82. The van der Waals surface area contributed by atoms with E-state index >= 15 is 0 Å². The molecular weight excluding hydrogens is 429 g/mol. The minimum absolute atomic E-state index is 0.249. The van der Waals surface area contributed by atoms with E-state index in [2.05, 4.69) is 26.5 Å². The van der Waals surface area contributed by atoms with Gasteiger partial charge >= 0.3 is 12.2 Å². The lowest BCUT2D eigenvalue weighted by atomic mass is 9.93. The smallest absolute Gasteiger partial charge is 0.359 e. The van der Waals surface area contributed by atoms with E-state index in [9.17, 15) is 22.8 Å². The number of amides is 3. The van der Waals surface area contributed by atoms with Crippen molar-refractivity contribution in [3.8, 4) is 0 Å². The summed E-state index contributed by atoms with van der Waals surface area (Å²) in [6, 6.07) is 4.87. The molecule has 12 heteroatoms. The molecule has 0 spiro atoms. The maximum atomic E-state index is 13.1. The summed E-state index contributed by atoms with van der Waals surface area (Å²) in [5, 5.41) is 12.4. The summed E-state index contributed by atoms with van der Waals surface area (Å²) in [7, 11) is 1.37. The molecule has 1 aromatic carbocycles. The molecule has 172 valence electrons. The highest BCUT2D eigenvalue weighted by Gasteiger charge is 2.47. The zero-order valence-electron chi connectivity index (χ0n) is 17.8. The number of hydrogen-bond acceptors (Lipinski definition) is 6. The molecule has 0 radical (unpaired) electrons. The number of carbonyl (C=O) groups is 2. The normalized spacial score (nSPS) is 16.5. The number of alkyl halides is 3. The summed E-state index contributed by atoms with van der Waals surface area (Å²) in [5.41, 5.74) is 2.11. The fourth-order valence-corrected chi connectivity index (χ4v) is 2.84. The summed E-state index contributed by atoms with van der Waals surface area (Å²) in [6.07, 6.45) is -3.53. The van der Waals surface area contributed by atoms with Crippen LogP contribution in [0.2, 0.25) is 0 Å². The second-order valence-electron chi connectivity index (χ2n) is 8.24. The number of carbonyl (C=O) groups excluding carboxylic acids is 2. The molecule has 0 saturated carbocycles. The lowest BCUT2D eigenvalue weighted by Crippen LogP contribution is -2.45. The molecule has 4 N–H and O–H groups in total. The van der Waals surface area contributed by atoms with Gasteiger partial charge in [-0.15, -0.1) is 0 Å². The highest BCUT2D eigenvalue weighted by atomic mass is 19.4. The molecule has 0 saturated heterocycles. The third-order valence-corrected chi connectivity index (χ3v) is 4.46. The Bertz CT molecular complexity index is 1020. The van der Waals surface area contributed by atoms with Gasteiger partial charge in [0.15, 0.2) is 11.9 Å². The van der Waals surface area contributed by atoms with Crippen molar-refractivity contribution >= 4 is 29.1 Å². The molecule has 32 heavy (non-hydrogen) atoms. The lowest BCUT2D eigenvalue weighted by Gasteiger charge is -2.19. The van der Waals surface area contributed by atoms with Crippen LogP contribution in [0.3, 0.4) is 0 Å². The van der Waals surface area contributed by atoms with Crippen molar-refractivity contribution in [1.29, 1.82) is 0 Å². The van der Waals surface area contributed by atoms with Gasteiger partial charge in [0, 0.05) is 36.1 Å². The van der Waals surface area contributed by atoms with Crippen molar-refractivity contribution in [1.82, 2.24) is 15.6 Å². The molecule has 0 aliphatic carbocycles. The molecule has 1 atom stereocenters. The maximum Gasteiger partial charge on any atom is 0.409 e. The number of hydrogen-bond donors (Lipinski definition) is 4. The van der Waals surface area contributed by atoms with Crippen molar-refractivity contribution in [2.75, 3.05) is 23.0 Å². The van der Waals surface area contributed by atoms with Gasteiger partial charge in [0.1, 0.15) is 5.76 Å². The van der Waals surface area contributed by atoms with Gasteiger partial charge in [0.05, 0.1) is 5.57 Å². The molecule has 3 rings (SSSR count). The Labute approximate surface area is 182 Å². The molecule has 2 aromatic rings. The number of aromatic nitrogens is 1. The zero-order valence-corrected chi connectivity index (χ0v) is 17.8. The van der Waals surface area contributed by atoms with E-state index in [0.717, 1.165) is 11.2 Å². The summed E-state index contributed by atoms with van der Waals surface area (Å²) in [4.78, 5) is 24.5. The van der Waals surface area contributed by atoms with E-state index in [0.29, 0.717) is 11.4 Å². The predicted molar refractivity (Wildman–Crippen MR) is 112 cm³/mol. The van der Waals surface area contributed by atoms with Gasteiger partial charge in [-0.1, -0.05) is 25.9 Å². The minimum Gasteiger partial charge on any atom is -0.359 e. The number of urea groups is 1. The Morgan fingerprint density at radius 1 is 1.06 bits per heavy atom. The molecule has 0 fully saturated rings. The molecule has 1 aromatic heterocycles. The highest BCUT2D eigenvalue weighted by Crippen LogP contribution is 2.30. The molecule has 9 nitrogen and oxygen atoms in total. The lowest BCUT2D eigenvalue weighted by molar-refractivity contribution is -0.153. The van der Waals surface area contributed by atoms with E-state index in [1.807, 2.05) is 20.8 Å². The van der Waals surface area contributed by atoms with E-state index in [1.165, 1.54) is 31.3 Å². The first-order chi connectivity index (χ1) is 14.8. The van der Waals surface area contributed by atoms with Gasteiger partial charge in [0.2, 0.25) is 0 Å². The topological polar surface area (TPSA) is 112 Å². The second-order valence-corrected chi connectivity index (χ2v) is 8.24. The van der Waals surface area contributed by atoms with Gasteiger partial charge < -0.3 is 20.2 Å². The first kappa shape index (κ1) is 23.1. The van der Waals surface area contributed by atoms with Crippen molar-refractivity contribution < 1.29 is 27.3 Å². The van der Waals surface area contributed by atoms with Gasteiger partial charge in [-0.3, -0.25) is 10.1 Å². The molecule has 0 bridgehead atoms. The minimum atomic E-state index is -4.62. The number of hydrazine groups is 1. The molecule has 1 unspecified atom stereocenters.